The Morgan fingerprint density at radius 1 is 1.36 bits per heavy atom. The van der Waals surface area contributed by atoms with Gasteiger partial charge < -0.3 is 20.3 Å². The largest absolute Gasteiger partial charge is 0.375 e. The third-order valence-electron chi connectivity index (χ3n) is 5.07. The Morgan fingerprint density at radius 3 is 2.72 bits per heavy atom. The second-order valence-corrected chi connectivity index (χ2v) is 6.65. The molecule has 8 heteroatoms. The average molecular weight is 354 g/mol. The van der Waals surface area contributed by atoms with Gasteiger partial charge in [0.15, 0.2) is 0 Å². The lowest BCUT2D eigenvalue weighted by molar-refractivity contribution is -0.132. The minimum atomic E-state index is -0.227. The van der Waals surface area contributed by atoms with Gasteiger partial charge in [0.2, 0.25) is 17.7 Å². The van der Waals surface area contributed by atoms with E-state index in [1.807, 2.05) is 18.7 Å². The van der Waals surface area contributed by atoms with Crippen molar-refractivity contribution in [1.82, 2.24) is 20.4 Å². The van der Waals surface area contributed by atoms with Gasteiger partial charge in [0.25, 0.3) is 0 Å². The Morgan fingerprint density at radius 2 is 2.08 bits per heavy atom. The molecule has 2 rings (SSSR count). The highest BCUT2D eigenvalue weighted by Gasteiger charge is 2.43. The number of nitrogens with one attached hydrogen (secondary N) is 2. The standard InChI is InChI=1S/C17H30N4O4/c1-4-20(5-2)16(23)7-6-13-9-18-17(24)14-8-12(10-21(13)14)19-15(22)11-25-3/h12-14H,4-11H2,1-3H3,(H,18,24)(H,19,22)/t12-,13+,14-/m0/s1. The summed E-state index contributed by atoms with van der Waals surface area (Å²) in [6, 6.07) is -0.154. The summed E-state index contributed by atoms with van der Waals surface area (Å²) in [5.74, 6) is -0.00146. The molecule has 3 amide bonds. The fourth-order valence-corrected chi connectivity index (χ4v) is 3.77. The molecule has 2 N–H and O–H groups in total. The third-order valence-corrected chi connectivity index (χ3v) is 5.07. The average Bonchev–Trinajstić information content (AvgIpc) is 3.00. The Bertz CT molecular complexity index is 495. The molecule has 0 aromatic rings. The van der Waals surface area contributed by atoms with Gasteiger partial charge in [-0.2, -0.15) is 0 Å². The van der Waals surface area contributed by atoms with Gasteiger partial charge in [-0.15, -0.1) is 0 Å². The molecule has 2 saturated heterocycles. The van der Waals surface area contributed by atoms with E-state index in [0.717, 1.165) is 13.1 Å². The lowest BCUT2D eigenvalue weighted by Crippen LogP contribution is -2.58. The fourth-order valence-electron chi connectivity index (χ4n) is 3.77. The molecule has 2 aliphatic heterocycles. The zero-order chi connectivity index (χ0) is 18.4. The van der Waals surface area contributed by atoms with Crippen molar-refractivity contribution in [3.05, 3.63) is 0 Å². The van der Waals surface area contributed by atoms with Gasteiger partial charge in [0.05, 0.1) is 6.04 Å². The van der Waals surface area contributed by atoms with Crippen LogP contribution in [0.1, 0.15) is 33.1 Å². The van der Waals surface area contributed by atoms with Gasteiger partial charge in [-0.05, 0) is 26.7 Å². The van der Waals surface area contributed by atoms with Gasteiger partial charge >= 0.3 is 0 Å². The first-order chi connectivity index (χ1) is 12.0. The predicted octanol–water partition coefficient (Wildman–Crippen LogP) is -0.661. The number of methoxy groups -OCH3 is 1. The number of carbonyl (C=O) groups excluding carboxylic acids is 3. The number of piperazine rings is 1. The predicted molar refractivity (Wildman–Crippen MR) is 92.9 cm³/mol. The molecule has 3 atom stereocenters. The number of hydrogen-bond acceptors (Lipinski definition) is 5. The van der Waals surface area contributed by atoms with Crippen molar-refractivity contribution >= 4 is 17.7 Å². The first-order valence-electron chi connectivity index (χ1n) is 9.09. The maximum Gasteiger partial charge on any atom is 0.246 e. The van der Waals surface area contributed by atoms with Gasteiger partial charge in [-0.1, -0.05) is 0 Å². The van der Waals surface area contributed by atoms with E-state index in [2.05, 4.69) is 15.5 Å². The molecule has 0 radical (unpaired) electrons. The highest BCUT2D eigenvalue weighted by Crippen LogP contribution is 2.26. The van der Waals surface area contributed by atoms with Crippen molar-refractivity contribution in [3.63, 3.8) is 0 Å². The number of ether oxygens (including phenoxy) is 1. The van der Waals surface area contributed by atoms with Crippen LogP contribution in [0.5, 0.6) is 0 Å². The summed E-state index contributed by atoms with van der Waals surface area (Å²) in [7, 11) is 1.48. The number of fused-ring (bicyclic) bond motifs is 1. The Kier molecular flexibility index (Phi) is 7.19. The summed E-state index contributed by atoms with van der Waals surface area (Å²) < 4.78 is 4.84. The molecule has 0 spiro atoms. The van der Waals surface area contributed by atoms with Crippen LogP contribution in [0.2, 0.25) is 0 Å². The molecule has 2 heterocycles. The maximum atomic E-state index is 12.2. The quantitative estimate of drug-likeness (QED) is 0.604. The van der Waals surface area contributed by atoms with Crippen LogP contribution in [-0.2, 0) is 19.1 Å². The van der Waals surface area contributed by atoms with Crippen LogP contribution < -0.4 is 10.6 Å². The van der Waals surface area contributed by atoms with Gasteiger partial charge in [-0.3, -0.25) is 19.3 Å². The molecule has 0 unspecified atom stereocenters. The first kappa shape index (κ1) is 19.7. The summed E-state index contributed by atoms with van der Waals surface area (Å²) in [5, 5.41) is 5.86. The zero-order valence-electron chi connectivity index (χ0n) is 15.4. The summed E-state index contributed by atoms with van der Waals surface area (Å²) in [6.45, 7) is 6.61. The van der Waals surface area contributed by atoms with Crippen LogP contribution in [0, 0.1) is 0 Å². The van der Waals surface area contributed by atoms with Crippen molar-refractivity contribution < 1.29 is 19.1 Å². The summed E-state index contributed by atoms with van der Waals surface area (Å²) in [6.07, 6.45) is 1.79. The second-order valence-electron chi connectivity index (χ2n) is 6.65. The van der Waals surface area contributed by atoms with Crippen molar-refractivity contribution in [1.29, 1.82) is 0 Å². The lowest BCUT2D eigenvalue weighted by atomic mass is 10.0. The molecule has 0 aliphatic carbocycles. The van der Waals surface area contributed by atoms with Gasteiger partial charge in [-0.25, -0.2) is 0 Å². The van der Waals surface area contributed by atoms with E-state index in [0.29, 0.717) is 32.4 Å². The van der Waals surface area contributed by atoms with E-state index >= 15 is 0 Å². The Labute approximate surface area is 149 Å². The summed E-state index contributed by atoms with van der Waals surface area (Å²) in [4.78, 5) is 40.1. The molecule has 142 valence electrons. The van der Waals surface area contributed by atoms with E-state index in [1.165, 1.54) is 7.11 Å². The second kappa shape index (κ2) is 9.15. The number of amides is 3. The number of carbonyl (C=O) groups is 3. The summed E-state index contributed by atoms with van der Waals surface area (Å²) >= 11 is 0. The van der Waals surface area contributed by atoms with Crippen molar-refractivity contribution in [2.75, 3.05) is 39.9 Å². The van der Waals surface area contributed by atoms with E-state index in [4.69, 9.17) is 4.74 Å². The van der Waals surface area contributed by atoms with Crippen LogP contribution in [0.3, 0.4) is 0 Å². The van der Waals surface area contributed by atoms with Crippen LogP contribution in [0.15, 0.2) is 0 Å². The van der Waals surface area contributed by atoms with E-state index < -0.39 is 0 Å². The Balaban J connectivity index is 1.91. The first-order valence-corrected chi connectivity index (χ1v) is 9.09. The minimum Gasteiger partial charge on any atom is -0.375 e. The number of nitrogens with zero attached hydrogens (tertiary/aromatic N) is 2. The zero-order valence-corrected chi connectivity index (χ0v) is 15.4. The molecule has 2 fully saturated rings. The smallest absolute Gasteiger partial charge is 0.246 e. The monoisotopic (exact) mass is 354 g/mol. The van der Waals surface area contributed by atoms with Crippen LogP contribution in [-0.4, -0.2) is 85.5 Å². The molecular weight excluding hydrogens is 324 g/mol. The molecule has 0 aromatic heterocycles. The molecule has 2 aliphatic rings. The molecule has 0 saturated carbocycles. The van der Waals surface area contributed by atoms with Crippen LogP contribution in [0.4, 0.5) is 0 Å². The number of hydrogen-bond donors (Lipinski definition) is 2. The molecule has 8 nitrogen and oxygen atoms in total. The lowest BCUT2D eigenvalue weighted by Gasteiger charge is -2.37. The highest BCUT2D eigenvalue weighted by molar-refractivity contribution is 5.84. The molecule has 25 heavy (non-hydrogen) atoms. The van der Waals surface area contributed by atoms with E-state index in [-0.39, 0.29) is 42.5 Å². The van der Waals surface area contributed by atoms with E-state index in [9.17, 15) is 14.4 Å². The normalized spacial score (nSPS) is 26.0. The molecule has 0 bridgehead atoms. The summed E-state index contributed by atoms with van der Waals surface area (Å²) in [5.41, 5.74) is 0. The third kappa shape index (κ3) is 4.92. The molecular formula is C17H30N4O4. The van der Waals surface area contributed by atoms with Crippen LogP contribution in [0.25, 0.3) is 0 Å². The van der Waals surface area contributed by atoms with Crippen molar-refractivity contribution in [2.24, 2.45) is 0 Å². The van der Waals surface area contributed by atoms with Gasteiger partial charge in [0, 0.05) is 51.8 Å². The van der Waals surface area contributed by atoms with Gasteiger partial charge in [0.1, 0.15) is 6.61 Å². The Hall–Kier alpha value is -1.67. The molecule has 0 aromatic carbocycles. The maximum absolute atomic E-state index is 12.2. The highest BCUT2D eigenvalue weighted by atomic mass is 16.5. The van der Waals surface area contributed by atoms with E-state index in [1.54, 1.807) is 0 Å². The minimum absolute atomic E-state index is 0.00908. The van der Waals surface area contributed by atoms with Crippen LogP contribution >= 0.6 is 0 Å². The topological polar surface area (TPSA) is 91.0 Å². The SMILES string of the molecule is CCN(CC)C(=O)CC[C@@H]1CNC(=O)[C@@H]2C[C@H](NC(=O)COC)CN12. The number of rotatable bonds is 8. The van der Waals surface area contributed by atoms with Crippen molar-refractivity contribution in [3.8, 4) is 0 Å². The van der Waals surface area contributed by atoms with Crippen molar-refractivity contribution in [2.45, 2.75) is 51.2 Å². The fraction of sp³-hybridized carbons (Fsp3) is 0.824.